The largest absolute Gasteiger partial charge is 0.423 e. The van der Waals surface area contributed by atoms with Crippen LogP contribution in [0.4, 0.5) is 18.9 Å². The number of halogens is 3. The molecule has 160 valence electrons. The van der Waals surface area contributed by atoms with Gasteiger partial charge < -0.3 is 14.4 Å². The maximum absolute atomic E-state index is 13.2. The molecule has 3 unspecified atom stereocenters. The first-order chi connectivity index (χ1) is 13.2. The third kappa shape index (κ3) is 4.41. The minimum absolute atomic E-state index is 0.301. The molecule has 0 saturated carbocycles. The third-order valence-electron chi connectivity index (χ3n) is 4.29. The van der Waals surface area contributed by atoms with Crippen molar-refractivity contribution in [2.45, 2.75) is 45.3 Å². The molecule has 10 nitrogen and oxygen atoms in total. The van der Waals surface area contributed by atoms with Crippen LogP contribution in [0, 0.1) is 10.1 Å². The fraction of sp³-hybridized carbons (Fsp3) is 0.467. The second-order valence-electron chi connectivity index (χ2n) is 6.29. The van der Waals surface area contributed by atoms with E-state index in [0.29, 0.717) is 23.1 Å². The fourth-order valence-corrected chi connectivity index (χ4v) is 3.95. The highest BCUT2D eigenvalue weighted by Crippen LogP contribution is 2.55. The Labute approximate surface area is 160 Å². The Morgan fingerprint density at radius 2 is 1.93 bits per heavy atom. The van der Waals surface area contributed by atoms with Crippen molar-refractivity contribution in [3.63, 3.8) is 0 Å². The Morgan fingerprint density at radius 3 is 2.41 bits per heavy atom. The van der Waals surface area contributed by atoms with Crippen LogP contribution in [0.3, 0.4) is 0 Å². The topological polar surface area (TPSA) is 145 Å². The number of fused-ring (bicyclic) bond motifs is 1. The van der Waals surface area contributed by atoms with Gasteiger partial charge in [-0.05, 0) is 26.3 Å². The number of aromatic nitrogens is 2. The Bertz CT molecular complexity index is 1130. The van der Waals surface area contributed by atoms with Crippen LogP contribution >= 0.6 is 7.60 Å². The second-order valence-corrected chi connectivity index (χ2v) is 8.38. The van der Waals surface area contributed by atoms with Gasteiger partial charge in [-0.1, -0.05) is 6.92 Å². The predicted molar refractivity (Wildman–Crippen MR) is 95.9 cm³/mol. The van der Waals surface area contributed by atoms with Gasteiger partial charge in [0.2, 0.25) is 0 Å². The Morgan fingerprint density at radius 1 is 1.34 bits per heavy atom. The first kappa shape index (κ1) is 22.8. The average molecular weight is 439 g/mol. The van der Waals surface area contributed by atoms with Gasteiger partial charge in [-0.15, -0.1) is 0 Å². The smallest absolute Gasteiger partial charge is 0.323 e. The summed E-state index contributed by atoms with van der Waals surface area (Å²) in [7, 11) is -4.59. The summed E-state index contributed by atoms with van der Waals surface area (Å²) in [4.78, 5) is 46.2. The molecule has 29 heavy (non-hydrogen) atoms. The van der Waals surface area contributed by atoms with E-state index in [0.717, 1.165) is 6.92 Å². The number of rotatable bonds is 6. The lowest BCUT2D eigenvalue weighted by Crippen LogP contribution is -2.38. The third-order valence-corrected chi connectivity index (χ3v) is 6.13. The van der Waals surface area contributed by atoms with Crippen LogP contribution in [0.1, 0.15) is 38.5 Å². The lowest BCUT2D eigenvalue weighted by atomic mass is 10.1. The molecule has 2 N–H and O–H groups in total. The van der Waals surface area contributed by atoms with Gasteiger partial charge in [-0.25, -0.2) is 0 Å². The number of aromatic amines is 1. The number of benzene rings is 1. The molecule has 0 bridgehead atoms. The molecule has 14 heteroatoms. The summed E-state index contributed by atoms with van der Waals surface area (Å²) < 4.78 is 57.6. The minimum atomic E-state index is -5.12. The van der Waals surface area contributed by atoms with E-state index in [-0.39, 0.29) is 0 Å². The van der Waals surface area contributed by atoms with E-state index in [9.17, 15) is 42.3 Å². The minimum Gasteiger partial charge on any atom is -0.323 e. The second kappa shape index (κ2) is 7.73. The Kier molecular flexibility index (Phi) is 6.07. The number of hydrogen-bond acceptors (Lipinski definition) is 6. The summed E-state index contributed by atoms with van der Waals surface area (Å²) in [6, 6.07) is 0.727. The van der Waals surface area contributed by atoms with E-state index in [1.807, 2.05) is 4.98 Å². The molecule has 2 aromatic rings. The van der Waals surface area contributed by atoms with E-state index in [1.54, 1.807) is 6.92 Å². The van der Waals surface area contributed by atoms with Crippen LogP contribution in [-0.4, -0.2) is 25.5 Å². The highest BCUT2D eigenvalue weighted by Gasteiger charge is 2.40. The molecular formula is C15H17F3N3O7P. The van der Waals surface area contributed by atoms with Crippen molar-refractivity contribution in [2.24, 2.45) is 0 Å². The van der Waals surface area contributed by atoms with Crippen molar-refractivity contribution >= 4 is 24.3 Å². The van der Waals surface area contributed by atoms with Crippen LogP contribution in [0.2, 0.25) is 0 Å². The maximum atomic E-state index is 13.2. The van der Waals surface area contributed by atoms with Crippen molar-refractivity contribution in [3.05, 3.63) is 48.5 Å². The van der Waals surface area contributed by atoms with E-state index in [4.69, 9.17) is 4.52 Å². The van der Waals surface area contributed by atoms with E-state index in [2.05, 4.69) is 0 Å². The monoisotopic (exact) mass is 439 g/mol. The van der Waals surface area contributed by atoms with E-state index in [1.165, 1.54) is 6.92 Å². The van der Waals surface area contributed by atoms with E-state index >= 15 is 0 Å². The number of nitro benzene ring substituents is 1. The molecule has 0 saturated heterocycles. The Hall–Kier alpha value is -2.50. The first-order valence-corrected chi connectivity index (χ1v) is 9.90. The van der Waals surface area contributed by atoms with Gasteiger partial charge in [0.25, 0.3) is 5.69 Å². The standard InChI is InChI=1S/C15H17F3N3O7P/c1-4-7(2)28-29(26,27)8(3)20-12-6-11(21(24)25)9(15(16,17)18)5-10(12)19-13(22)14(20)23/h5-8H,4H2,1-3H3,(H,19,22)(H,26,27). The number of alkyl halides is 3. The molecular weight excluding hydrogens is 422 g/mol. The van der Waals surface area contributed by atoms with Crippen molar-refractivity contribution in [1.82, 2.24) is 9.55 Å². The first-order valence-electron chi connectivity index (χ1n) is 8.25. The summed E-state index contributed by atoms with van der Waals surface area (Å²) in [5, 5.41) is 11.1. The lowest BCUT2D eigenvalue weighted by Gasteiger charge is -2.24. The molecule has 1 heterocycles. The van der Waals surface area contributed by atoms with Crippen molar-refractivity contribution in [3.8, 4) is 0 Å². The summed E-state index contributed by atoms with van der Waals surface area (Å²) in [6.07, 6.45) is -5.49. The van der Waals surface area contributed by atoms with Gasteiger partial charge in [0, 0.05) is 6.07 Å². The molecule has 1 aromatic heterocycles. The molecule has 3 atom stereocenters. The highest BCUT2D eigenvalue weighted by atomic mass is 31.2. The van der Waals surface area contributed by atoms with Gasteiger partial charge in [0.05, 0.1) is 22.1 Å². The molecule has 0 aliphatic carbocycles. The quantitative estimate of drug-likeness (QED) is 0.304. The zero-order valence-electron chi connectivity index (χ0n) is 15.4. The molecule has 1 aromatic carbocycles. The van der Waals surface area contributed by atoms with Crippen LogP contribution < -0.4 is 11.1 Å². The average Bonchev–Trinajstić information content (AvgIpc) is 2.60. The van der Waals surface area contributed by atoms with Gasteiger partial charge in [-0.3, -0.25) is 28.8 Å². The summed E-state index contributed by atoms with van der Waals surface area (Å²) in [5.74, 6) is -1.70. The predicted octanol–water partition coefficient (Wildman–Crippen LogP) is 3.14. The number of nitrogens with one attached hydrogen (secondary N) is 1. The molecule has 0 radical (unpaired) electrons. The van der Waals surface area contributed by atoms with Crippen molar-refractivity contribution in [1.29, 1.82) is 0 Å². The van der Waals surface area contributed by atoms with Crippen molar-refractivity contribution < 1.29 is 32.1 Å². The highest BCUT2D eigenvalue weighted by molar-refractivity contribution is 7.52. The van der Waals surface area contributed by atoms with Gasteiger partial charge >= 0.3 is 24.9 Å². The molecule has 0 fully saturated rings. The molecule has 0 spiro atoms. The van der Waals surface area contributed by atoms with Crippen LogP contribution in [0.25, 0.3) is 11.0 Å². The normalized spacial score (nSPS) is 16.4. The molecule has 2 rings (SSSR count). The number of nitro groups is 1. The zero-order valence-corrected chi connectivity index (χ0v) is 16.3. The van der Waals surface area contributed by atoms with E-state index < -0.39 is 64.0 Å². The molecule has 0 aliphatic rings. The van der Waals surface area contributed by atoms with Gasteiger partial charge in [-0.2, -0.15) is 13.2 Å². The number of nitrogens with zero attached hydrogens (tertiary/aromatic N) is 2. The zero-order chi connectivity index (χ0) is 22.3. The van der Waals surface area contributed by atoms with Crippen LogP contribution in [-0.2, 0) is 15.3 Å². The summed E-state index contributed by atoms with van der Waals surface area (Å²) in [6.45, 7) is 4.19. The van der Waals surface area contributed by atoms with Gasteiger partial charge in [0.15, 0.2) is 0 Å². The Balaban J connectivity index is 2.89. The number of hydrogen-bond donors (Lipinski definition) is 2. The summed E-state index contributed by atoms with van der Waals surface area (Å²) in [5.41, 5.74) is -6.86. The molecule has 0 amide bonds. The lowest BCUT2D eigenvalue weighted by molar-refractivity contribution is -0.387. The van der Waals surface area contributed by atoms with Crippen LogP contribution in [0.15, 0.2) is 21.7 Å². The molecule has 0 aliphatic heterocycles. The van der Waals surface area contributed by atoms with Crippen LogP contribution in [0.5, 0.6) is 0 Å². The SMILES string of the molecule is CCC(C)OP(=O)(O)C(C)n1c(=O)c(=O)[nH]c2cc(C(F)(F)F)c([N+](=O)[O-])cc21. The maximum Gasteiger partial charge on any atom is 0.423 e. The fourth-order valence-electron chi connectivity index (χ4n) is 2.59. The van der Waals surface area contributed by atoms with Crippen molar-refractivity contribution in [2.75, 3.05) is 0 Å². The summed E-state index contributed by atoms with van der Waals surface area (Å²) >= 11 is 0. The van der Waals surface area contributed by atoms with Gasteiger partial charge in [0.1, 0.15) is 11.3 Å². The number of H-pyrrole nitrogens is 1.